The average molecular weight is 860 g/mol. The van der Waals surface area contributed by atoms with Crippen LogP contribution in [0.25, 0.3) is 60.4 Å². The van der Waals surface area contributed by atoms with Crippen molar-refractivity contribution in [1.82, 2.24) is 9.55 Å². The SMILES string of the molecule is CC(=O)/C=C(/C)O.CC(C)c1cc(-c2ccccc2)cc(C(C)C)c1-n1c(-c2[c-]sc3ccc(-c4ccsc4)cc23)nc2ccccc21.[Ir]. The van der Waals surface area contributed by atoms with Crippen molar-refractivity contribution < 1.29 is 30.0 Å². The van der Waals surface area contributed by atoms with Crippen LogP contribution in [-0.2, 0) is 24.9 Å². The zero-order valence-corrected chi connectivity index (χ0v) is 32.5. The maximum atomic E-state index is 10.0. The zero-order chi connectivity index (χ0) is 33.9. The van der Waals surface area contributed by atoms with E-state index in [-0.39, 0.29) is 31.6 Å². The molecule has 7 aromatic rings. The van der Waals surface area contributed by atoms with Gasteiger partial charge in [-0.2, -0.15) is 11.3 Å². The van der Waals surface area contributed by atoms with Crippen LogP contribution in [-0.4, -0.2) is 20.4 Å². The summed E-state index contributed by atoms with van der Waals surface area (Å²) in [7, 11) is 0. The summed E-state index contributed by atoms with van der Waals surface area (Å²) >= 11 is 3.40. The Morgan fingerprint density at radius 1 is 0.816 bits per heavy atom. The van der Waals surface area contributed by atoms with Crippen molar-refractivity contribution in [1.29, 1.82) is 0 Å². The second-order valence-electron chi connectivity index (χ2n) is 12.6. The summed E-state index contributed by atoms with van der Waals surface area (Å²) in [4.78, 5) is 15.3. The van der Waals surface area contributed by atoms with Crippen LogP contribution in [0.2, 0.25) is 0 Å². The fourth-order valence-corrected chi connectivity index (χ4v) is 7.57. The quantitative estimate of drug-likeness (QED) is 0.0987. The number of allylic oxidation sites excluding steroid dienone is 2. The molecular weight excluding hydrogens is 821 g/mol. The summed E-state index contributed by atoms with van der Waals surface area (Å²) in [6, 6.07) is 33.0. The predicted octanol–water partition coefficient (Wildman–Crippen LogP) is 12.4. The number of hydrogen-bond acceptors (Lipinski definition) is 5. The van der Waals surface area contributed by atoms with Gasteiger partial charge in [0.25, 0.3) is 0 Å². The first-order valence-electron chi connectivity index (χ1n) is 16.2. The second kappa shape index (κ2) is 15.6. The van der Waals surface area contributed by atoms with Gasteiger partial charge in [-0.1, -0.05) is 104 Å². The molecule has 0 aliphatic heterocycles. The first kappa shape index (κ1) is 36.2. The van der Waals surface area contributed by atoms with Crippen LogP contribution in [0.3, 0.4) is 0 Å². The molecule has 0 atom stereocenters. The van der Waals surface area contributed by atoms with Crippen molar-refractivity contribution in [3.63, 3.8) is 0 Å². The number of hydrogen-bond donors (Lipinski definition) is 1. The molecule has 0 amide bonds. The van der Waals surface area contributed by atoms with E-state index < -0.39 is 0 Å². The van der Waals surface area contributed by atoms with Gasteiger partial charge < -0.3 is 9.67 Å². The molecule has 4 nitrogen and oxygen atoms in total. The molecule has 3 heterocycles. The Hall–Kier alpha value is -4.13. The number of carbonyl (C=O) groups is 1. The van der Waals surface area contributed by atoms with Crippen LogP contribution in [0.5, 0.6) is 0 Å². The Bertz CT molecular complexity index is 2210. The number of carbonyl (C=O) groups excluding carboxylic acids is 1. The molecule has 1 radical (unpaired) electrons. The number of fused-ring (bicyclic) bond motifs is 2. The largest absolute Gasteiger partial charge is 0.512 e. The van der Waals surface area contributed by atoms with Crippen molar-refractivity contribution >= 4 is 49.6 Å². The summed E-state index contributed by atoms with van der Waals surface area (Å²) < 4.78 is 3.65. The van der Waals surface area contributed by atoms with E-state index in [2.05, 4.69) is 139 Å². The van der Waals surface area contributed by atoms with Crippen LogP contribution in [0.15, 0.2) is 114 Å². The van der Waals surface area contributed by atoms with Gasteiger partial charge in [0.15, 0.2) is 5.78 Å². The molecule has 0 bridgehead atoms. The van der Waals surface area contributed by atoms with E-state index in [0.717, 1.165) is 22.4 Å². The monoisotopic (exact) mass is 860 g/mol. The van der Waals surface area contributed by atoms with Crippen LogP contribution in [0, 0.1) is 5.38 Å². The van der Waals surface area contributed by atoms with E-state index in [4.69, 9.17) is 10.1 Å². The van der Waals surface area contributed by atoms with E-state index in [1.807, 2.05) is 0 Å². The number of para-hydroxylation sites is 2. The fourth-order valence-electron chi connectivity index (χ4n) is 6.08. The Morgan fingerprint density at radius 3 is 2.08 bits per heavy atom. The normalized spacial score (nSPS) is 11.6. The molecule has 0 fully saturated rings. The van der Waals surface area contributed by atoms with Gasteiger partial charge in [0.05, 0.1) is 22.6 Å². The van der Waals surface area contributed by atoms with Crippen molar-refractivity contribution in [3.05, 3.63) is 130 Å². The maximum Gasteiger partial charge on any atom is 0.155 e. The van der Waals surface area contributed by atoms with E-state index in [1.54, 1.807) is 22.7 Å². The van der Waals surface area contributed by atoms with Gasteiger partial charge >= 0.3 is 0 Å². The number of rotatable bonds is 7. The third kappa shape index (κ3) is 7.71. The molecule has 3 aromatic heterocycles. The maximum absolute atomic E-state index is 10.0. The minimum atomic E-state index is -0.125. The molecule has 0 saturated heterocycles. The number of aliphatic hydroxyl groups is 1. The van der Waals surface area contributed by atoms with E-state index in [9.17, 15) is 4.79 Å². The number of nitrogens with zero attached hydrogens (tertiary/aromatic N) is 2. The number of aromatic nitrogens is 2. The van der Waals surface area contributed by atoms with Gasteiger partial charge in [-0.05, 0) is 100 Å². The standard InChI is InChI=1S/C37H31N2S2.C5H8O2.Ir/c1-23(2)29-19-28(25-10-6-5-7-11-25)20-30(24(3)4)36(29)39-34-13-9-8-12-33(34)38-37(39)32-22-41-35-15-14-26(18-31(32)35)27-16-17-40-21-27;1-4(6)3-5(2)7;/h5-21,23-24H,1-4H3;3,6H,1-2H3;/q-1;;/b;4-3-;. The second-order valence-corrected chi connectivity index (χ2v) is 14.3. The summed E-state index contributed by atoms with van der Waals surface area (Å²) in [6.45, 7) is 12.1. The van der Waals surface area contributed by atoms with E-state index >= 15 is 0 Å². The zero-order valence-electron chi connectivity index (χ0n) is 28.4. The number of thiophene rings is 2. The van der Waals surface area contributed by atoms with Gasteiger partial charge in [-0.25, -0.2) is 0 Å². The Morgan fingerprint density at radius 2 is 1.49 bits per heavy atom. The average Bonchev–Trinajstić information content (AvgIpc) is 3.83. The molecule has 251 valence electrons. The minimum Gasteiger partial charge on any atom is -0.512 e. The first-order valence-corrected chi connectivity index (χ1v) is 17.9. The molecule has 7 heteroatoms. The molecule has 7 rings (SSSR count). The van der Waals surface area contributed by atoms with Gasteiger partial charge in [-0.15, -0.1) is 5.39 Å². The smallest absolute Gasteiger partial charge is 0.155 e. The number of ketones is 1. The summed E-state index contributed by atoms with van der Waals surface area (Å²) in [5, 5.41) is 17.6. The molecule has 0 unspecified atom stereocenters. The van der Waals surface area contributed by atoms with Crippen LogP contribution in [0.4, 0.5) is 0 Å². The Balaban J connectivity index is 0.000000532. The molecule has 4 aromatic carbocycles. The minimum absolute atomic E-state index is 0. The van der Waals surface area contributed by atoms with Gasteiger partial charge in [-0.3, -0.25) is 21.1 Å². The summed E-state index contributed by atoms with van der Waals surface area (Å²) in [5.41, 5.74) is 12.1. The third-order valence-corrected chi connectivity index (χ3v) is 9.87. The Kier molecular flexibility index (Phi) is 11.5. The van der Waals surface area contributed by atoms with Gasteiger partial charge in [0.2, 0.25) is 0 Å². The van der Waals surface area contributed by atoms with Crippen LogP contribution < -0.4 is 0 Å². The molecule has 1 N–H and O–H groups in total. The molecule has 0 aliphatic carbocycles. The van der Waals surface area contributed by atoms with Crippen molar-refractivity contribution in [3.8, 4) is 39.3 Å². The first-order chi connectivity index (χ1) is 23.1. The van der Waals surface area contributed by atoms with Crippen LogP contribution >= 0.6 is 22.7 Å². The van der Waals surface area contributed by atoms with Gasteiger partial charge in [0.1, 0.15) is 0 Å². The number of aliphatic hydroxyl groups excluding tert-OH is 1. The van der Waals surface area contributed by atoms with Crippen molar-refractivity contribution in [2.75, 3.05) is 0 Å². The van der Waals surface area contributed by atoms with E-state index in [1.165, 1.54) is 69.1 Å². The topological polar surface area (TPSA) is 55.1 Å². The van der Waals surface area contributed by atoms with Crippen molar-refractivity contribution in [2.45, 2.75) is 53.4 Å². The van der Waals surface area contributed by atoms with E-state index in [0.29, 0.717) is 11.8 Å². The molecule has 49 heavy (non-hydrogen) atoms. The number of imidazole rings is 1. The Labute approximate surface area is 310 Å². The summed E-state index contributed by atoms with van der Waals surface area (Å²) in [5.74, 6) is 1.55. The van der Waals surface area contributed by atoms with Crippen molar-refractivity contribution in [2.24, 2.45) is 0 Å². The third-order valence-electron chi connectivity index (χ3n) is 8.31. The predicted molar refractivity (Wildman–Crippen MR) is 205 cm³/mol. The number of benzene rings is 4. The molecule has 0 spiro atoms. The fraction of sp³-hybridized carbons (Fsp3) is 0.190. The summed E-state index contributed by atoms with van der Waals surface area (Å²) in [6.07, 6.45) is 1.17. The molecule has 0 aliphatic rings. The molecular formula is C42H39IrN2O2S2-. The van der Waals surface area contributed by atoms with Crippen LogP contribution in [0.1, 0.15) is 64.5 Å². The van der Waals surface area contributed by atoms with Gasteiger partial charge in [0, 0.05) is 31.9 Å². The molecule has 0 saturated carbocycles.